The summed E-state index contributed by atoms with van der Waals surface area (Å²) in [5, 5.41) is 0. The van der Waals surface area contributed by atoms with Gasteiger partial charge in [-0.15, -0.1) is 5.56 Å². The molecule has 0 atom stereocenters. The van der Waals surface area contributed by atoms with E-state index in [0.29, 0.717) is 13.2 Å². The van der Waals surface area contributed by atoms with Crippen LogP contribution in [0.15, 0.2) is 24.3 Å². The summed E-state index contributed by atoms with van der Waals surface area (Å²) in [4.78, 5) is 0. The van der Waals surface area contributed by atoms with Crippen molar-refractivity contribution in [2.45, 2.75) is 6.29 Å². The topological polar surface area (TPSA) is 18.5 Å². The van der Waals surface area contributed by atoms with E-state index in [2.05, 4.69) is 6.07 Å². The van der Waals surface area contributed by atoms with E-state index in [-0.39, 0.29) is 41.7 Å². The molecule has 1 saturated heterocycles. The van der Waals surface area contributed by atoms with E-state index in [1.54, 1.807) is 0 Å². The molecule has 1 aromatic rings. The summed E-state index contributed by atoms with van der Waals surface area (Å²) in [5.41, 5.74) is 1.05. The average Bonchev–Trinajstić information content (AvgIpc) is 2.58. The van der Waals surface area contributed by atoms with Crippen LogP contribution in [0.4, 0.5) is 0 Å². The van der Waals surface area contributed by atoms with E-state index in [9.17, 15) is 0 Å². The quantitative estimate of drug-likeness (QED) is 0.399. The molecule has 1 heterocycles. The first-order valence-corrected chi connectivity index (χ1v) is 3.66. The van der Waals surface area contributed by atoms with Crippen LogP contribution in [-0.2, 0) is 9.47 Å². The molecular weight excluding hydrogens is 200 g/mol. The molecule has 0 aromatic heterocycles. The van der Waals surface area contributed by atoms with Gasteiger partial charge in [-0.1, -0.05) is 0 Å². The van der Waals surface area contributed by atoms with Crippen LogP contribution in [0.5, 0.6) is 0 Å². The van der Waals surface area contributed by atoms with Crippen LogP contribution >= 0.6 is 0 Å². The molecule has 0 bridgehead atoms. The fraction of sp³-hybridized carbons (Fsp3) is 0.333. The van der Waals surface area contributed by atoms with Crippen molar-refractivity contribution in [2.24, 2.45) is 0 Å². The molecule has 1 aromatic carbocycles. The first-order valence-electron chi connectivity index (χ1n) is 3.66. The largest absolute Gasteiger partial charge is 2.00 e. The van der Waals surface area contributed by atoms with Gasteiger partial charge < -0.3 is 21.9 Å². The molecular formula is C9H9ClMgO2. The Morgan fingerprint density at radius 3 is 2.54 bits per heavy atom. The molecule has 0 aliphatic carbocycles. The van der Waals surface area contributed by atoms with E-state index in [1.165, 1.54) is 0 Å². The minimum Gasteiger partial charge on any atom is -1.00 e. The summed E-state index contributed by atoms with van der Waals surface area (Å²) in [6, 6.07) is 10.6. The van der Waals surface area contributed by atoms with Crippen molar-refractivity contribution in [3.8, 4) is 0 Å². The molecule has 2 nitrogen and oxygen atoms in total. The number of hydrogen-bond donors (Lipinski definition) is 0. The van der Waals surface area contributed by atoms with Crippen molar-refractivity contribution >= 4 is 23.1 Å². The third-order valence-corrected chi connectivity index (χ3v) is 1.63. The maximum Gasteiger partial charge on any atom is 2.00 e. The monoisotopic (exact) mass is 208 g/mol. The van der Waals surface area contributed by atoms with Crippen molar-refractivity contribution in [1.29, 1.82) is 0 Å². The number of ether oxygens (including phenoxy) is 2. The molecule has 1 aliphatic heterocycles. The van der Waals surface area contributed by atoms with Gasteiger partial charge in [0.1, 0.15) is 6.29 Å². The van der Waals surface area contributed by atoms with Gasteiger partial charge in [0.05, 0.1) is 13.2 Å². The molecule has 0 saturated carbocycles. The molecule has 13 heavy (non-hydrogen) atoms. The number of halogens is 1. The molecule has 0 unspecified atom stereocenters. The van der Waals surface area contributed by atoms with Gasteiger partial charge in [0.2, 0.25) is 0 Å². The number of rotatable bonds is 1. The van der Waals surface area contributed by atoms with Crippen molar-refractivity contribution in [1.82, 2.24) is 0 Å². The fourth-order valence-electron chi connectivity index (χ4n) is 1.10. The Bertz CT molecular complexity index is 224. The van der Waals surface area contributed by atoms with Crippen LogP contribution in [0, 0.1) is 6.07 Å². The van der Waals surface area contributed by atoms with Crippen molar-refractivity contribution in [2.75, 3.05) is 13.2 Å². The fourth-order valence-corrected chi connectivity index (χ4v) is 1.10. The zero-order chi connectivity index (χ0) is 7.52. The molecule has 0 spiro atoms. The van der Waals surface area contributed by atoms with Crippen LogP contribution < -0.4 is 12.4 Å². The second kappa shape index (κ2) is 6.62. The SMILES string of the molecule is [Cl-].[Mg+2].[c-]1cccc(C2OCCO2)c1. The zero-order valence-electron chi connectivity index (χ0n) is 7.20. The van der Waals surface area contributed by atoms with E-state index < -0.39 is 0 Å². The van der Waals surface area contributed by atoms with Crippen molar-refractivity contribution in [3.05, 3.63) is 35.9 Å². The predicted molar refractivity (Wildman–Crippen MR) is 45.7 cm³/mol. The Morgan fingerprint density at radius 2 is 2.00 bits per heavy atom. The second-order valence-electron chi connectivity index (χ2n) is 2.41. The molecule has 66 valence electrons. The maximum absolute atomic E-state index is 5.30. The molecule has 2 rings (SSSR count). The third kappa shape index (κ3) is 3.44. The van der Waals surface area contributed by atoms with Gasteiger partial charge in [-0.25, -0.2) is 0 Å². The van der Waals surface area contributed by atoms with E-state index in [1.807, 2.05) is 24.3 Å². The van der Waals surface area contributed by atoms with Crippen LogP contribution in [0.3, 0.4) is 0 Å². The van der Waals surface area contributed by atoms with Gasteiger partial charge >= 0.3 is 23.1 Å². The van der Waals surface area contributed by atoms with Crippen molar-refractivity contribution < 1.29 is 21.9 Å². The normalized spacial score (nSPS) is 16.0. The first kappa shape index (κ1) is 13.2. The van der Waals surface area contributed by atoms with E-state index >= 15 is 0 Å². The minimum atomic E-state index is -0.160. The average molecular weight is 209 g/mol. The Balaban J connectivity index is 0.000000720. The second-order valence-corrected chi connectivity index (χ2v) is 2.41. The number of benzene rings is 1. The van der Waals surface area contributed by atoms with E-state index in [4.69, 9.17) is 9.47 Å². The van der Waals surface area contributed by atoms with Gasteiger partial charge in [-0.3, -0.25) is 0 Å². The van der Waals surface area contributed by atoms with Crippen molar-refractivity contribution in [3.63, 3.8) is 0 Å². The smallest absolute Gasteiger partial charge is 1.00 e. The van der Waals surface area contributed by atoms with Gasteiger partial charge in [-0.2, -0.15) is 30.3 Å². The van der Waals surface area contributed by atoms with Gasteiger partial charge in [0.25, 0.3) is 0 Å². The van der Waals surface area contributed by atoms with Gasteiger partial charge in [-0.05, 0) is 0 Å². The maximum atomic E-state index is 5.30. The standard InChI is InChI=1S/C9H9O2.ClH.Mg/c1-2-4-8(5-3-1)9-10-6-7-11-9;;/h1-2,4-5,9H,6-7H2;1H;/q-1;;+2/p-1. The Morgan fingerprint density at radius 1 is 1.31 bits per heavy atom. The summed E-state index contributed by atoms with van der Waals surface area (Å²) in [6.07, 6.45) is -0.160. The molecule has 1 aliphatic rings. The molecule has 0 amide bonds. The van der Waals surface area contributed by atoms with Crippen LogP contribution in [-0.4, -0.2) is 36.3 Å². The predicted octanol–water partition coefficient (Wildman–Crippen LogP) is -1.84. The van der Waals surface area contributed by atoms with Gasteiger partial charge in [0.15, 0.2) is 0 Å². The van der Waals surface area contributed by atoms with E-state index in [0.717, 1.165) is 5.56 Å². The summed E-state index contributed by atoms with van der Waals surface area (Å²) in [5.74, 6) is 0. The Labute approximate surface area is 100 Å². The molecule has 4 heteroatoms. The summed E-state index contributed by atoms with van der Waals surface area (Å²) in [6.45, 7) is 1.39. The Kier molecular flexibility index (Phi) is 6.72. The zero-order valence-corrected chi connectivity index (χ0v) is 9.37. The summed E-state index contributed by atoms with van der Waals surface area (Å²) < 4.78 is 10.6. The van der Waals surface area contributed by atoms with Crippen LogP contribution in [0.1, 0.15) is 11.9 Å². The molecule has 0 radical (unpaired) electrons. The first-order chi connectivity index (χ1) is 5.47. The summed E-state index contributed by atoms with van der Waals surface area (Å²) >= 11 is 0. The Hall–Kier alpha value is 0.196. The number of hydrogen-bond acceptors (Lipinski definition) is 2. The van der Waals surface area contributed by atoms with Crippen LogP contribution in [0.25, 0.3) is 0 Å². The van der Waals surface area contributed by atoms with Gasteiger partial charge in [0, 0.05) is 0 Å². The molecule has 1 fully saturated rings. The third-order valence-electron chi connectivity index (χ3n) is 1.63. The minimum absolute atomic E-state index is 0. The molecule has 0 N–H and O–H groups in total. The van der Waals surface area contributed by atoms with Crippen LogP contribution in [0.2, 0.25) is 0 Å². The summed E-state index contributed by atoms with van der Waals surface area (Å²) in [7, 11) is 0.